The molecule has 0 spiro atoms. The lowest BCUT2D eigenvalue weighted by atomic mass is 10.1. The van der Waals surface area contributed by atoms with Gasteiger partial charge in [0.2, 0.25) is 0 Å². The van der Waals surface area contributed by atoms with Gasteiger partial charge in [-0.2, -0.15) is 5.10 Å². The number of hydrogen-bond acceptors (Lipinski definition) is 8. The Bertz CT molecular complexity index is 1010. The molecular weight excluding hydrogens is 388 g/mol. The van der Waals surface area contributed by atoms with Crippen LogP contribution < -0.4 is 10.7 Å². The predicted molar refractivity (Wildman–Crippen MR) is 115 cm³/mol. The van der Waals surface area contributed by atoms with Crippen LogP contribution in [0.1, 0.15) is 29.9 Å². The number of rotatable bonds is 8. The van der Waals surface area contributed by atoms with Crippen molar-refractivity contribution in [3.8, 4) is 0 Å². The van der Waals surface area contributed by atoms with E-state index >= 15 is 0 Å². The Kier molecular flexibility index (Phi) is 6.70. The number of thiazole rings is 1. The van der Waals surface area contributed by atoms with Crippen LogP contribution in [0.5, 0.6) is 0 Å². The van der Waals surface area contributed by atoms with Crippen molar-refractivity contribution >= 4 is 45.3 Å². The zero-order valence-corrected chi connectivity index (χ0v) is 16.8. The Morgan fingerprint density at radius 2 is 1.79 bits per heavy atom. The van der Waals surface area contributed by atoms with Crippen molar-refractivity contribution in [2.24, 2.45) is 5.10 Å². The van der Waals surface area contributed by atoms with Gasteiger partial charge in [0.05, 0.1) is 12.3 Å². The lowest BCUT2D eigenvalue weighted by Gasteiger charge is -2.06. The Balaban J connectivity index is 1.80. The number of carbonyl (C=O) groups excluding carboxylic acids is 2. The Morgan fingerprint density at radius 1 is 1.07 bits per heavy atom. The highest BCUT2D eigenvalue weighted by atomic mass is 32.1. The molecule has 8 heteroatoms. The van der Waals surface area contributed by atoms with E-state index in [0.717, 1.165) is 5.69 Å². The number of nitrogens with zero attached hydrogens (tertiary/aromatic N) is 2. The molecule has 148 valence electrons. The summed E-state index contributed by atoms with van der Waals surface area (Å²) in [7, 11) is 0. The lowest BCUT2D eigenvalue weighted by Crippen LogP contribution is -2.20. The summed E-state index contributed by atoms with van der Waals surface area (Å²) < 4.78 is 5.11. The molecule has 3 aromatic rings. The first kappa shape index (κ1) is 20.2. The van der Waals surface area contributed by atoms with Crippen LogP contribution in [0.3, 0.4) is 0 Å². The van der Waals surface area contributed by atoms with Gasteiger partial charge in [-0.15, -0.1) is 11.3 Å². The van der Waals surface area contributed by atoms with E-state index in [9.17, 15) is 9.59 Å². The maximum Gasteiger partial charge on any atom is 0.361 e. The number of para-hydroxylation sites is 1. The first-order chi connectivity index (χ1) is 14.1. The highest BCUT2D eigenvalue weighted by Gasteiger charge is 2.19. The summed E-state index contributed by atoms with van der Waals surface area (Å²) in [5, 5.41) is 9.76. The molecule has 0 fully saturated rings. The fourth-order valence-corrected chi connectivity index (χ4v) is 3.11. The van der Waals surface area contributed by atoms with Crippen LogP contribution in [0.25, 0.3) is 0 Å². The molecule has 0 aliphatic heterocycles. The second-order valence-electron chi connectivity index (χ2n) is 5.96. The number of ketones is 1. The third-order valence-electron chi connectivity index (χ3n) is 3.83. The summed E-state index contributed by atoms with van der Waals surface area (Å²) in [6.45, 7) is 3.46. The first-order valence-corrected chi connectivity index (χ1v) is 9.84. The quantitative estimate of drug-likeness (QED) is 0.247. The van der Waals surface area contributed by atoms with E-state index in [0.29, 0.717) is 22.1 Å². The predicted octanol–water partition coefficient (Wildman–Crippen LogP) is 4.47. The average Bonchev–Trinajstić information content (AvgIpc) is 3.17. The molecule has 7 nitrogen and oxygen atoms in total. The van der Waals surface area contributed by atoms with Crippen molar-refractivity contribution in [3.63, 3.8) is 0 Å². The smallest absolute Gasteiger partial charge is 0.361 e. The minimum absolute atomic E-state index is 0.0202. The van der Waals surface area contributed by atoms with E-state index in [1.165, 1.54) is 18.3 Å². The van der Waals surface area contributed by atoms with Gasteiger partial charge in [-0.3, -0.25) is 10.2 Å². The second kappa shape index (κ2) is 9.61. The minimum Gasteiger partial charge on any atom is -0.461 e. The maximum atomic E-state index is 12.4. The number of esters is 1. The number of aromatic nitrogens is 1. The number of nitrogens with one attached hydrogen (secondary N) is 2. The normalized spacial score (nSPS) is 11.0. The van der Waals surface area contributed by atoms with Gasteiger partial charge in [0.25, 0.3) is 0 Å². The van der Waals surface area contributed by atoms with Crippen LogP contribution in [-0.4, -0.2) is 29.1 Å². The van der Waals surface area contributed by atoms with Gasteiger partial charge in [-0.25, -0.2) is 9.78 Å². The van der Waals surface area contributed by atoms with Gasteiger partial charge in [0.15, 0.2) is 16.6 Å². The van der Waals surface area contributed by atoms with Gasteiger partial charge in [-0.05, 0) is 50.2 Å². The molecule has 0 aliphatic carbocycles. The molecule has 1 aromatic heterocycles. The van der Waals surface area contributed by atoms with Crippen molar-refractivity contribution in [1.82, 2.24) is 4.98 Å². The molecule has 2 N–H and O–H groups in total. The molecule has 2 aromatic carbocycles. The Hall–Kier alpha value is -3.52. The zero-order valence-electron chi connectivity index (χ0n) is 16.0. The van der Waals surface area contributed by atoms with Gasteiger partial charge >= 0.3 is 5.97 Å². The molecule has 0 atom stereocenters. The third kappa shape index (κ3) is 5.49. The molecule has 0 saturated carbocycles. The number of Topliss-reactive ketones (excluding diaryl/α,β-unsaturated/α-hetero) is 1. The number of anilines is 3. The van der Waals surface area contributed by atoms with Crippen LogP contribution in [-0.2, 0) is 9.53 Å². The number of benzene rings is 2. The summed E-state index contributed by atoms with van der Waals surface area (Å²) in [6, 6.07) is 16.4. The zero-order chi connectivity index (χ0) is 20.6. The van der Waals surface area contributed by atoms with Crippen LogP contribution in [0.4, 0.5) is 16.5 Å². The molecule has 0 amide bonds. The Morgan fingerprint density at radius 3 is 2.45 bits per heavy atom. The molecule has 0 aliphatic rings. The highest BCUT2D eigenvalue weighted by molar-refractivity contribution is 7.14. The van der Waals surface area contributed by atoms with Crippen molar-refractivity contribution in [2.75, 3.05) is 17.3 Å². The summed E-state index contributed by atoms with van der Waals surface area (Å²) in [6.07, 6.45) is 0. The number of ether oxygens (including phenoxy) is 1. The van der Waals surface area contributed by atoms with Crippen molar-refractivity contribution < 1.29 is 14.3 Å². The second-order valence-corrected chi connectivity index (χ2v) is 6.81. The maximum absolute atomic E-state index is 12.4. The Labute approximate surface area is 172 Å². The molecule has 0 unspecified atom stereocenters. The van der Waals surface area contributed by atoms with E-state index in [4.69, 9.17) is 4.74 Å². The van der Waals surface area contributed by atoms with Gasteiger partial charge in [0, 0.05) is 16.6 Å². The monoisotopic (exact) mass is 408 g/mol. The van der Waals surface area contributed by atoms with Crippen molar-refractivity contribution in [1.29, 1.82) is 0 Å². The van der Waals surface area contributed by atoms with E-state index < -0.39 is 5.97 Å². The summed E-state index contributed by atoms with van der Waals surface area (Å²) in [5.74, 6) is -0.593. The van der Waals surface area contributed by atoms with Crippen molar-refractivity contribution in [2.45, 2.75) is 13.8 Å². The van der Waals surface area contributed by atoms with Gasteiger partial charge in [0.1, 0.15) is 5.69 Å². The van der Waals surface area contributed by atoms with E-state index in [1.54, 1.807) is 36.6 Å². The van der Waals surface area contributed by atoms with E-state index in [2.05, 4.69) is 20.8 Å². The SMILES string of the molecule is CCOC(=O)/C(=N\Nc1ccc(C(C)=O)cc1)c1csc(Nc2ccccc2)n1. The molecule has 29 heavy (non-hydrogen) atoms. The lowest BCUT2D eigenvalue weighted by molar-refractivity contribution is -0.134. The molecule has 0 bridgehead atoms. The standard InChI is InChI=1S/C21H20N4O3S/c1-3-28-20(27)19(25-24-17-11-9-15(10-12-17)14(2)26)18-13-29-21(23-18)22-16-7-5-4-6-8-16/h4-13,24H,3H2,1-2H3,(H,22,23)/b25-19-. The molecule has 0 saturated heterocycles. The van der Waals surface area contributed by atoms with E-state index in [1.807, 2.05) is 30.3 Å². The number of hydrogen-bond donors (Lipinski definition) is 2. The summed E-state index contributed by atoms with van der Waals surface area (Å²) in [4.78, 5) is 28.2. The first-order valence-electron chi connectivity index (χ1n) is 8.96. The topological polar surface area (TPSA) is 92.7 Å². The molecule has 1 heterocycles. The highest BCUT2D eigenvalue weighted by Crippen LogP contribution is 2.21. The largest absolute Gasteiger partial charge is 0.461 e. The van der Waals surface area contributed by atoms with Gasteiger partial charge < -0.3 is 10.1 Å². The van der Waals surface area contributed by atoms with Crippen LogP contribution in [0.15, 0.2) is 65.1 Å². The summed E-state index contributed by atoms with van der Waals surface area (Å²) in [5.41, 5.74) is 5.43. The van der Waals surface area contributed by atoms with Crippen LogP contribution >= 0.6 is 11.3 Å². The molecule has 0 radical (unpaired) electrons. The van der Waals surface area contributed by atoms with Crippen molar-refractivity contribution in [3.05, 3.63) is 71.2 Å². The number of carbonyl (C=O) groups is 2. The summed E-state index contributed by atoms with van der Waals surface area (Å²) >= 11 is 1.36. The number of hydrazone groups is 1. The van der Waals surface area contributed by atoms with Crippen LogP contribution in [0, 0.1) is 0 Å². The van der Waals surface area contributed by atoms with Crippen LogP contribution in [0.2, 0.25) is 0 Å². The average molecular weight is 408 g/mol. The third-order valence-corrected chi connectivity index (χ3v) is 4.59. The fraction of sp³-hybridized carbons (Fsp3) is 0.143. The van der Waals surface area contributed by atoms with E-state index in [-0.39, 0.29) is 18.1 Å². The molecular formula is C21H20N4O3S. The fourth-order valence-electron chi connectivity index (χ4n) is 2.39. The minimum atomic E-state index is -0.572. The van der Waals surface area contributed by atoms with Gasteiger partial charge in [-0.1, -0.05) is 18.2 Å². The molecule has 3 rings (SSSR count).